The van der Waals surface area contributed by atoms with Crippen molar-refractivity contribution in [3.05, 3.63) is 57.8 Å². The molecule has 7 heteroatoms. The van der Waals surface area contributed by atoms with E-state index in [0.717, 1.165) is 12.1 Å². The molecule has 2 N–H and O–H groups in total. The van der Waals surface area contributed by atoms with Gasteiger partial charge in [-0.3, -0.25) is 0 Å². The van der Waals surface area contributed by atoms with Crippen LogP contribution in [0.15, 0.2) is 41.3 Å². The van der Waals surface area contributed by atoms with Crippen LogP contribution in [0.1, 0.15) is 5.56 Å². The van der Waals surface area contributed by atoms with Gasteiger partial charge in [0.15, 0.2) is 9.84 Å². The lowest BCUT2D eigenvalue weighted by molar-refractivity contribution is 0.594. The van der Waals surface area contributed by atoms with Gasteiger partial charge in [0.25, 0.3) is 0 Å². The van der Waals surface area contributed by atoms with Crippen molar-refractivity contribution in [1.29, 1.82) is 0 Å². The van der Waals surface area contributed by atoms with E-state index in [9.17, 15) is 12.8 Å². The first kappa shape index (κ1) is 15.1. The summed E-state index contributed by atoms with van der Waals surface area (Å²) in [4.78, 5) is 0.0229. The van der Waals surface area contributed by atoms with Crippen LogP contribution in [0.25, 0.3) is 0 Å². The third kappa shape index (κ3) is 3.42. The number of hydrogen-bond acceptors (Lipinski definition) is 3. The maximum atomic E-state index is 13.2. The summed E-state index contributed by atoms with van der Waals surface area (Å²) in [5.41, 5.74) is 5.93. The molecule has 0 aliphatic rings. The predicted molar refractivity (Wildman–Crippen MR) is 78.2 cm³/mol. The lowest BCUT2D eigenvalue weighted by Crippen LogP contribution is -2.06. The number of nitrogen functional groups attached to an aromatic ring is 1. The van der Waals surface area contributed by atoms with Crippen LogP contribution >= 0.6 is 23.2 Å². The summed E-state index contributed by atoms with van der Waals surface area (Å²) in [5.74, 6) is -0.947. The zero-order valence-corrected chi connectivity index (χ0v) is 12.4. The lowest BCUT2D eigenvalue weighted by atomic mass is 10.2. The minimum atomic E-state index is -3.65. The molecule has 3 nitrogen and oxygen atoms in total. The Morgan fingerprint density at radius 2 is 1.75 bits per heavy atom. The highest BCUT2D eigenvalue weighted by molar-refractivity contribution is 7.90. The minimum absolute atomic E-state index is 0.0229. The van der Waals surface area contributed by atoms with E-state index in [4.69, 9.17) is 28.9 Å². The number of benzene rings is 2. The topological polar surface area (TPSA) is 60.2 Å². The number of hydrogen-bond donors (Lipinski definition) is 1. The molecule has 2 aromatic carbocycles. The Morgan fingerprint density at radius 3 is 2.35 bits per heavy atom. The van der Waals surface area contributed by atoms with Gasteiger partial charge in [-0.25, -0.2) is 12.8 Å². The molecule has 0 unspecified atom stereocenters. The molecule has 0 fully saturated rings. The van der Waals surface area contributed by atoms with E-state index in [0.29, 0.717) is 0 Å². The predicted octanol–water partition coefficient (Wildman–Crippen LogP) is 3.69. The van der Waals surface area contributed by atoms with Gasteiger partial charge in [-0.2, -0.15) is 0 Å². The lowest BCUT2D eigenvalue weighted by Gasteiger charge is -2.07. The van der Waals surface area contributed by atoms with E-state index in [1.54, 1.807) is 0 Å². The van der Waals surface area contributed by atoms with Gasteiger partial charge < -0.3 is 5.73 Å². The van der Waals surface area contributed by atoms with Crippen LogP contribution in [0, 0.1) is 5.82 Å². The molecule has 0 saturated carbocycles. The van der Waals surface area contributed by atoms with E-state index in [-0.39, 0.29) is 31.9 Å². The van der Waals surface area contributed by atoms with E-state index in [1.165, 1.54) is 24.3 Å². The van der Waals surface area contributed by atoms with Crippen molar-refractivity contribution < 1.29 is 12.8 Å². The molecule has 20 heavy (non-hydrogen) atoms. The Labute approximate surface area is 126 Å². The molecule has 0 heterocycles. The van der Waals surface area contributed by atoms with E-state index >= 15 is 0 Å². The second-order valence-corrected chi connectivity index (χ2v) is 7.03. The largest absolute Gasteiger partial charge is 0.399 e. The molecule has 0 aliphatic heterocycles. The van der Waals surface area contributed by atoms with Gasteiger partial charge in [0.2, 0.25) is 0 Å². The second kappa shape index (κ2) is 5.60. The van der Waals surface area contributed by atoms with Gasteiger partial charge in [-0.15, -0.1) is 0 Å². The normalized spacial score (nSPS) is 11.6. The molecule has 0 atom stereocenters. The molecule has 0 aromatic heterocycles. The van der Waals surface area contributed by atoms with Crippen LogP contribution in [-0.2, 0) is 15.6 Å². The summed E-state index contributed by atoms with van der Waals surface area (Å²) in [6, 6.07) is 7.68. The Balaban J connectivity index is 2.37. The summed E-state index contributed by atoms with van der Waals surface area (Å²) in [7, 11) is -3.65. The monoisotopic (exact) mass is 333 g/mol. The maximum Gasteiger partial charge on any atom is 0.182 e. The number of anilines is 1. The van der Waals surface area contributed by atoms with Crippen molar-refractivity contribution in [2.75, 3.05) is 5.73 Å². The first-order chi connectivity index (χ1) is 9.28. The molecule has 0 radical (unpaired) electrons. The summed E-state index contributed by atoms with van der Waals surface area (Å²) >= 11 is 11.5. The molecule has 0 amide bonds. The van der Waals surface area contributed by atoms with Gasteiger partial charge in [-0.05, 0) is 42.0 Å². The van der Waals surface area contributed by atoms with Gasteiger partial charge in [0, 0.05) is 5.69 Å². The maximum absolute atomic E-state index is 13.2. The zero-order valence-electron chi connectivity index (χ0n) is 10.1. The first-order valence-corrected chi connectivity index (χ1v) is 7.91. The van der Waals surface area contributed by atoms with Crippen LogP contribution in [0.5, 0.6) is 0 Å². The van der Waals surface area contributed by atoms with Gasteiger partial charge in [0.05, 0.1) is 20.7 Å². The van der Waals surface area contributed by atoms with Crippen LogP contribution in [0.3, 0.4) is 0 Å². The number of nitrogens with two attached hydrogens (primary N) is 1. The molecule has 0 spiro atoms. The van der Waals surface area contributed by atoms with Gasteiger partial charge in [-0.1, -0.05) is 23.2 Å². The Kier molecular flexibility index (Phi) is 4.22. The number of rotatable bonds is 3. The fourth-order valence-electron chi connectivity index (χ4n) is 1.73. The van der Waals surface area contributed by atoms with Crippen molar-refractivity contribution in [2.24, 2.45) is 0 Å². The van der Waals surface area contributed by atoms with Crippen LogP contribution in [-0.4, -0.2) is 8.42 Å². The molecule has 2 rings (SSSR count). The quantitative estimate of drug-likeness (QED) is 0.871. The number of sulfone groups is 1. The average molecular weight is 334 g/mol. The molecule has 106 valence electrons. The highest BCUT2D eigenvalue weighted by Gasteiger charge is 2.17. The molecule has 0 saturated heterocycles. The molecular formula is C13H10Cl2FNO2S. The van der Waals surface area contributed by atoms with Crippen molar-refractivity contribution in [3.63, 3.8) is 0 Å². The standard InChI is InChI=1S/C13H10Cl2FNO2S/c14-12-2-1-11(6-13(12)15)20(18,19)7-8-3-9(16)5-10(17)4-8/h1-6H,7,17H2. The van der Waals surface area contributed by atoms with Crippen LogP contribution < -0.4 is 5.73 Å². The Hall–Kier alpha value is -1.30. The summed E-state index contributed by atoms with van der Waals surface area (Å²) in [6.45, 7) is 0. The smallest absolute Gasteiger partial charge is 0.182 e. The Morgan fingerprint density at radius 1 is 1.05 bits per heavy atom. The third-order valence-corrected chi connectivity index (χ3v) is 5.01. The van der Waals surface area contributed by atoms with E-state index in [2.05, 4.69) is 0 Å². The van der Waals surface area contributed by atoms with Crippen molar-refractivity contribution >= 4 is 38.7 Å². The SMILES string of the molecule is Nc1cc(F)cc(CS(=O)(=O)c2ccc(Cl)c(Cl)c2)c1. The van der Waals surface area contributed by atoms with Crippen LogP contribution in [0.2, 0.25) is 10.0 Å². The molecular weight excluding hydrogens is 324 g/mol. The summed E-state index contributed by atoms with van der Waals surface area (Å²) < 4.78 is 37.7. The first-order valence-electron chi connectivity index (χ1n) is 5.51. The summed E-state index contributed by atoms with van der Waals surface area (Å²) in [5, 5.41) is 0.409. The second-order valence-electron chi connectivity index (χ2n) is 4.23. The van der Waals surface area contributed by atoms with Crippen molar-refractivity contribution in [1.82, 2.24) is 0 Å². The molecule has 0 bridgehead atoms. The highest BCUT2D eigenvalue weighted by atomic mass is 35.5. The van der Waals surface area contributed by atoms with Gasteiger partial charge >= 0.3 is 0 Å². The average Bonchev–Trinajstić information content (AvgIpc) is 2.30. The van der Waals surface area contributed by atoms with E-state index in [1.807, 2.05) is 0 Å². The van der Waals surface area contributed by atoms with Crippen LogP contribution in [0.4, 0.5) is 10.1 Å². The third-order valence-electron chi connectivity index (χ3n) is 2.59. The highest BCUT2D eigenvalue weighted by Crippen LogP contribution is 2.27. The Bertz CT molecular complexity index is 743. The fourth-order valence-corrected chi connectivity index (χ4v) is 3.44. The zero-order chi connectivity index (χ0) is 14.9. The summed E-state index contributed by atoms with van der Waals surface area (Å²) in [6.07, 6.45) is 0. The number of halogens is 3. The van der Waals surface area contributed by atoms with Crippen molar-refractivity contribution in [3.8, 4) is 0 Å². The fraction of sp³-hybridized carbons (Fsp3) is 0.0769. The molecule has 0 aliphatic carbocycles. The van der Waals surface area contributed by atoms with E-state index < -0.39 is 15.7 Å². The minimum Gasteiger partial charge on any atom is -0.399 e. The van der Waals surface area contributed by atoms with Gasteiger partial charge in [0.1, 0.15) is 5.82 Å². The van der Waals surface area contributed by atoms with Crippen molar-refractivity contribution in [2.45, 2.75) is 10.6 Å². The molecule has 2 aromatic rings.